The van der Waals surface area contributed by atoms with Crippen LogP contribution in [0.25, 0.3) is 0 Å². The van der Waals surface area contributed by atoms with E-state index in [1.165, 1.54) is 11.3 Å². The van der Waals surface area contributed by atoms with Gasteiger partial charge in [0, 0.05) is 11.1 Å². The zero-order valence-corrected chi connectivity index (χ0v) is 9.82. The average Bonchev–Trinajstić information content (AvgIpc) is 2.75. The van der Waals surface area contributed by atoms with Gasteiger partial charge in [-0.05, 0) is 12.5 Å². The predicted molar refractivity (Wildman–Crippen MR) is 65.2 cm³/mol. The van der Waals surface area contributed by atoms with Gasteiger partial charge in [-0.3, -0.25) is 0 Å². The molecule has 2 aromatic rings. The number of benzene rings is 1. The van der Waals surface area contributed by atoms with Gasteiger partial charge < -0.3 is 10.8 Å². The number of nitrogens with zero attached hydrogens (tertiary/aromatic N) is 1. The van der Waals surface area contributed by atoms with E-state index in [2.05, 4.69) is 4.98 Å². The number of aliphatic hydroxyl groups excluding tert-OH is 1. The molecule has 0 bridgehead atoms. The van der Waals surface area contributed by atoms with Crippen LogP contribution in [0.4, 0.5) is 0 Å². The van der Waals surface area contributed by atoms with Gasteiger partial charge in [0.25, 0.3) is 0 Å². The van der Waals surface area contributed by atoms with Crippen molar-refractivity contribution in [1.82, 2.24) is 4.98 Å². The molecule has 0 saturated heterocycles. The molecule has 84 valence electrons. The standard InChI is InChI=1S/C12H14N2OS/c1-8-7-16-12(14-8)11(15)10(13)9-5-3-2-4-6-9/h2-7,10-11,15H,13H2,1H3. The third-order valence-corrected chi connectivity index (χ3v) is 3.45. The Morgan fingerprint density at radius 3 is 2.56 bits per heavy atom. The molecule has 2 atom stereocenters. The van der Waals surface area contributed by atoms with Gasteiger partial charge in [0.2, 0.25) is 0 Å². The number of hydrogen-bond acceptors (Lipinski definition) is 4. The molecule has 3 nitrogen and oxygen atoms in total. The van der Waals surface area contributed by atoms with Gasteiger partial charge in [0.1, 0.15) is 11.1 Å². The van der Waals surface area contributed by atoms with E-state index in [1.807, 2.05) is 42.6 Å². The van der Waals surface area contributed by atoms with E-state index >= 15 is 0 Å². The molecule has 0 fully saturated rings. The summed E-state index contributed by atoms with van der Waals surface area (Å²) in [6.45, 7) is 1.90. The fourth-order valence-electron chi connectivity index (χ4n) is 1.52. The van der Waals surface area contributed by atoms with Crippen LogP contribution in [0.3, 0.4) is 0 Å². The second-order valence-electron chi connectivity index (χ2n) is 3.71. The van der Waals surface area contributed by atoms with Crippen LogP contribution in [0.5, 0.6) is 0 Å². The summed E-state index contributed by atoms with van der Waals surface area (Å²) in [5, 5.41) is 12.7. The van der Waals surface area contributed by atoms with Gasteiger partial charge in [-0.1, -0.05) is 30.3 Å². The van der Waals surface area contributed by atoms with Gasteiger partial charge in [0.15, 0.2) is 0 Å². The van der Waals surface area contributed by atoms with Gasteiger partial charge in [-0.2, -0.15) is 0 Å². The van der Waals surface area contributed by atoms with Crippen LogP contribution in [0.2, 0.25) is 0 Å². The summed E-state index contributed by atoms with van der Waals surface area (Å²) < 4.78 is 0. The Labute approximate surface area is 98.6 Å². The molecule has 16 heavy (non-hydrogen) atoms. The lowest BCUT2D eigenvalue weighted by atomic mass is 10.0. The SMILES string of the molecule is Cc1csc(C(O)C(N)c2ccccc2)n1. The predicted octanol–water partition coefficient (Wildman–Crippen LogP) is 2.18. The topological polar surface area (TPSA) is 59.1 Å². The maximum absolute atomic E-state index is 10.1. The van der Waals surface area contributed by atoms with E-state index in [-0.39, 0.29) is 0 Å². The molecule has 4 heteroatoms. The number of aryl methyl sites for hydroxylation is 1. The number of aliphatic hydroxyl groups is 1. The van der Waals surface area contributed by atoms with Crippen molar-refractivity contribution in [3.63, 3.8) is 0 Å². The molecular weight excluding hydrogens is 220 g/mol. The summed E-state index contributed by atoms with van der Waals surface area (Å²) in [6, 6.07) is 9.15. The molecule has 0 radical (unpaired) electrons. The van der Waals surface area contributed by atoms with Crippen LogP contribution in [-0.2, 0) is 0 Å². The Bertz CT molecular complexity index is 455. The Balaban J connectivity index is 2.19. The maximum atomic E-state index is 10.1. The highest BCUT2D eigenvalue weighted by atomic mass is 32.1. The van der Waals surface area contributed by atoms with E-state index in [9.17, 15) is 5.11 Å². The average molecular weight is 234 g/mol. The number of nitrogens with two attached hydrogens (primary N) is 1. The zero-order chi connectivity index (χ0) is 11.5. The van der Waals surface area contributed by atoms with Crippen LogP contribution in [0, 0.1) is 6.92 Å². The van der Waals surface area contributed by atoms with Crippen molar-refractivity contribution in [2.75, 3.05) is 0 Å². The highest BCUT2D eigenvalue weighted by Gasteiger charge is 2.21. The van der Waals surface area contributed by atoms with Gasteiger partial charge in [-0.25, -0.2) is 4.98 Å². The van der Waals surface area contributed by atoms with Crippen molar-refractivity contribution in [1.29, 1.82) is 0 Å². The number of aromatic nitrogens is 1. The molecule has 0 amide bonds. The van der Waals surface area contributed by atoms with E-state index in [1.54, 1.807) is 0 Å². The first kappa shape index (κ1) is 11.3. The Morgan fingerprint density at radius 2 is 2.00 bits per heavy atom. The Hall–Kier alpha value is -1.23. The third-order valence-electron chi connectivity index (χ3n) is 2.41. The van der Waals surface area contributed by atoms with Crippen molar-refractivity contribution in [2.45, 2.75) is 19.1 Å². The van der Waals surface area contributed by atoms with Crippen molar-refractivity contribution in [3.05, 3.63) is 52.0 Å². The monoisotopic (exact) mass is 234 g/mol. The first-order chi connectivity index (χ1) is 7.68. The third kappa shape index (κ3) is 2.29. The van der Waals surface area contributed by atoms with Crippen LogP contribution >= 0.6 is 11.3 Å². The molecule has 0 saturated carbocycles. The van der Waals surface area contributed by atoms with Crippen molar-refractivity contribution < 1.29 is 5.11 Å². The minimum absolute atomic E-state index is 0.424. The minimum Gasteiger partial charge on any atom is -0.384 e. The summed E-state index contributed by atoms with van der Waals surface area (Å²) >= 11 is 1.44. The Morgan fingerprint density at radius 1 is 1.31 bits per heavy atom. The summed E-state index contributed by atoms with van der Waals surface area (Å²) in [4.78, 5) is 4.25. The summed E-state index contributed by atoms with van der Waals surface area (Å²) in [5.41, 5.74) is 7.83. The van der Waals surface area contributed by atoms with Crippen molar-refractivity contribution >= 4 is 11.3 Å². The summed E-state index contributed by atoms with van der Waals surface area (Å²) in [5.74, 6) is 0. The van der Waals surface area contributed by atoms with Crippen molar-refractivity contribution in [3.8, 4) is 0 Å². The zero-order valence-electron chi connectivity index (χ0n) is 9.00. The first-order valence-electron chi connectivity index (χ1n) is 5.09. The second kappa shape index (κ2) is 4.74. The number of hydrogen-bond donors (Lipinski definition) is 2. The minimum atomic E-state index is -0.735. The van der Waals surface area contributed by atoms with E-state index in [0.717, 1.165) is 11.3 Å². The molecule has 0 aliphatic heterocycles. The molecule has 1 heterocycles. The second-order valence-corrected chi connectivity index (χ2v) is 4.60. The molecular formula is C12H14N2OS. The quantitative estimate of drug-likeness (QED) is 0.855. The largest absolute Gasteiger partial charge is 0.384 e. The van der Waals surface area contributed by atoms with E-state index in [4.69, 9.17) is 5.73 Å². The van der Waals surface area contributed by atoms with Crippen LogP contribution < -0.4 is 5.73 Å². The van der Waals surface area contributed by atoms with Crippen LogP contribution in [0.1, 0.15) is 28.4 Å². The maximum Gasteiger partial charge on any atom is 0.125 e. The lowest BCUT2D eigenvalue weighted by Crippen LogP contribution is -2.19. The molecule has 2 rings (SSSR count). The van der Waals surface area contributed by atoms with Gasteiger partial charge in [-0.15, -0.1) is 11.3 Å². The molecule has 0 spiro atoms. The Kier molecular flexibility index (Phi) is 3.33. The molecule has 0 aliphatic carbocycles. The van der Waals surface area contributed by atoms with E-state index in [0.29, 0.717) is 5.01 Å². The molecule has 0 aliphatic rings. The van der Waals surface area contributed by atoms with Crippen LogP contribution in [-0.4, -0.2) is 10.1 Å². The first-order valence-corrected chi connectivity index (χ1v) is 5.97. The molecule has 2 unspecified atom stereocenters. The normalized spacial score (nSPS) is 14.7. The smallest absolute Gasteiger partial charge is 0.125 e. The highest BCUT2D eigenvalue weighted by molar-refractivity contribution is 7.09. The van der Waals surface area contributed by atoms with Crippen LogP contribution in [0.15, 0.2) is 35.7 Å². The fourth-order valence-corrected chi connectivity index (χ4v) is 2.35. The summed E-state index contributed by atoms with van der Waals surface area (Å²) in [7, 11) is 0. The van der Waals surface area contributed by atoms with Gasteiger partial charge >= 0.3 is 0 Å². The van der Waals surface area contributed by atoms with Gasteiger partial charge in [0.05, 0.1) is 6.04 Å². The molecule has 1 aromatic carbocycles. The fraction of sp³-hybridized carbons (Fsp3) is 0.250. The lowest BCUT2D eigenvalue weighted by molar-refractivity contribution is 0.146. The summed E-state index contributed by atoms with van der Waals surface area (Å²) in [6.07, 6.45) is -0.735. The molecule has 3 N–H and O–H groups in total. The van der Waals surface area contributed by atoms with E-state index < -0.39 is 12.1 Å². The lowest BCUT2D eigenvalue weighted by Gasteiger charge is -2.16. The number of rotatable bonds is 3. The van der Waals surface area contributed by atoms with Crippen molar-refractivity contribution in [2.24, 2.45) is 5.73 Å². The number of thiazole rings is 1. The highest BCUT2D eigenvalue weighted by Crippen LogP contribution is 2.28. The molecule has 1 aromatic heterocycles.